The zero-order valence-corrected chi connectivity index (χ0v) is 12.6. The molecule has 1 aromatic carbocycles. The van der Waals surface area contributed by atoms with Crippen LogP contribution >= 0.6 is 0 Å². The average molecular weight is 277 g/mol. The van der Waals surface area contributed by atoms with Gasteiger partial charge in [0, 0.05) is 24.3 Å². The van der Waals surface area contributed by atoms with Crippen LogP contribution in [0, 0.1) is 6.92 Å². The number of nitrogens with one attached hydrogen (secondary N) is 1. The third-order valence-corrected chi connectivity index (χ3v) is 3.33. The van der Waals surface area contributed by atoms with Crippen LogP contribution in [-0.2, 0) is 4.79 Å². The van der Waals surface area contributed by atoms with Crippen molar-refractivity contribution in [2.75, 3.05) is 18.8 Å². The molecule has 5 heteroatoms. The highest BCUT2D eigenvalue weighted by Crippen LogP contribution is 2.12. The summed E-state index contributed by atoms with van der Waals surface area (Å²) in [6, 6.07) is 4.53. The van der Waals surface area contributed by atoms with Gasteiger partial charge in [-0.05, 0) is 51.5 Å². The molecule has 0 aromatic heterocycles. The van der Waals surface area contributed by atoms with E-state index in [-0.39, 0.29) is 11.8 Å². The van der Waals surface area contributed by atoms with E-state index >= 15 is 0 Å². The predicted octanol–water partition coefficient (Wildman–Crippen LogP) is 1.56. The topological polar surface area (TPSA) is 75.4 Å². The number of anilines is 1. The van der Waals surface area contributed by atoms with E-state index in [1.54, 1.807) is 30.0 Å². The smallest absolute Gasteiger partial charge is 0.251 e. The maximum atomic E-state index is 12.1. The first-order valence-electron chi connectivity index (χ1n) is 6.86. The van der Waals surface area contributed by atoms with Crippen molar-refractivity contribution in [1.29, 1.82) is 0 Å². The lowest BCUT2D eigenvalue weighted by molar-refractivity contribution is -0.132. The highest BCUT2D eigenvalue weighted by atomic mass is 16.2. The van der Waals surface area contributed by atoms with Crippen LogP contribution in [0.2, 0.25) is 0 Å². The van der Waals surface area contributed by atoms with Gasteiger partial charge in [-0.1, -0.05) is 0 Å². The van der Waals surface area contributed by atoms with E-state index in [9.17, 15) is 9.59 Å². The Morgan fingerprint density at radius 3 is 2.40 bits per heavy atom. The molecule has 0 heterocycles. The summed E-state index contributed by atoms with van der Waals surface area (Å²) in [7, 11) is 0. The Hall–Kier alpha value is -2.04. The minimum Gasteiger partial charge on any atom is -0.399 e. The quantitative estimate of drug-likeness (QED) is 0.802. The van der Waals surface area contributed by atoms with Crippen LogP contribution in [0.15, 0.2) is 18.2 Å². The zero-order chi connectivity index (χ0) is 15.3. The van der Waals surface area contributed by atoms with E-state index in [1.807, 2.05) is 20.8 Å². The fourth-order valence-corrected chi connectivity index (χ4v) is 1.97. The second-order valence-electron chi connectivity index (χ2n) is 4.78. The van der Waals surface area contributed by atoms with Crippen LogP contribution in [0.25, 0.3) is 0 Å². The number of nitrogens with two attached hydrogens (primary N) is 1. The standard InChI is InChI=1S/C15H23N3O2/c1-5-18(6-2)15(20)11(4)17-14(19)12-7-8-13(16)10(3)9-12/h7-9,11H,5-6,16H2,1-4H3,(H,17,19). The Morgan fingerprint density at radius 1 is 1.30 bits per heavy atom. The molecule has 2 amide bonds. The van der Waals surface area contributed by atoms with E-state index in [1.165, 1.54) is 0 Å². The van der Waals surface area contributed by atoms with Gasteiger partial charge in [-0.3, -0.25) is 9.59 Å². The van der Waals surface area contributed by atoms with Crippen molar-refractivity contribution in [2.45, 2.75) is 33.7 Å². The van der Waals surface area contributed by atoms with E-state index in [4.69, 9.17) is 5.73 Å². The fourth-order valence-electron chi connectivity index (χ4n) is 1.97. The first-order valence-corrected chi connectivity index (χ1v) is 6.86. The van der Waals surface area contributed by atoms with Gasteiger partial charge in [0.25, 0.3) is 5.91 Å². The number of rotatable bonds is 5. The van der Waals surface area contributed by atoms with Gasteiger partial charge in [-0.2, -0.15) is 0 Å². The molecule has 1 rings (SSSR count). The third kappa shape index (κ3) is 3.73. The van der Waals surface area contributed by atoms with Crippen molar-refractivity contribution in [3.63, 3.8) is 0 Å². The van der Waals surface area contributed by atoms with Gasteiger partial charge in [0.2, 0.25) is 5.91 Å². The first-order chi connectivity index (χ1) is 9.40. The van der Waals surface area contributed by atoms with Gasteiger partial charge in [-0.15, -0.1) is 0 Å². The molecule has 0 saturated heterocycles. The Bertz CT molecular complexity index is 496. The molecule has 0 saturated carbocycles. The molecule has 1 aromatic rings. The SMILES string of the molecule is CCN(CC)C(=O)C(C)NC(=O)c1ccc(N)c(C)c1. The second-order valence-corrected chi connectivity index (χ2v) is 4.78. The molecule has 0 spiro atoms. The van der Waals surface area contributed by atoms with Gasteiger partial charge < -0.3 is 16.0 Å². The number of likely N-dealkylation sites (N-methyl/N-ethyl adjacent to an activating group) is 1. The number of hydrogen-bond acceptors (Lipinski definition) is 3. The first kappa shape index (κ1) is 16.0. The van der Waals surface area contributed by atoms with Crippen molar-refractivity contribution in [2.24, 2.45) is 0 Å². The number of benzene rings is 1. The number of nitrogens with zero attached hydrogens (tertiary/aromatic N) is 1. The minimum absolute atomic E-state index is 0.0736. The van der Waals surface area contributed by atoms with E-state index < -0.39 is 6.04 Å². The Morgan fingerprint density at radius 2 is 1.90 bits per heavy atom. The maximum Gasteiger partial charge on any atom is 0.251 e. The molecular weight excluding hydrogens is 254 g/mol. The fraction of sp³-hybridized carbons (Fsp3) is 0.467. The predicted molar refractivity (Wildman–Crippen MR) is 80.4 cm³/mol. The van der Waals surface area contributed by atoms with E-state index in [0.29, 0.717) is 24.3 Å². The summed E-state index contributed by atoms with van der Waals surface area (Å²) in [5.41, 5.74) is 7.73. The van der Waals surface area contributed by atoms with E-state index in [2.05, 4.69) is 5.32 Å². The molecule has 1 unspecified atom stereocenters. The minimum atomic E-state index is -0.541. The summed E-state index contributed by atoms with van der Waals surface area (Å²) in [6.07, 6.45) is 0. The van der Waals surface area contributed by atoms with E-state index in [0.717, 1.165) is 5.56 Å². The Labute approximate surface area is 120 Å². The van der Waals surface area contributed by atoms with Crippen LogP contribution in [0.4, 0.5) is 5.69 Å². The van der Waals surface area contributed by atoms with Crippen molar-refractivity contribution in [1.82, 2.24) is 10.2 Å². The molecule has 0 bridgehead atoms. The lowest BCUT2D eigenvalue weighted by atomic mass is 10.1. The Kier molecular flexibility index (Phi) is 5.55. The lowest BCUT2D eigenvalue weighted by Gasteiger charge is -2.23. The molecule has 1 atom stereocenters. The summed E-state index contributed by atoms with van der Waals surface area (Å²) in [5.74, 6) is -0.336. The molecular formula is C15H23N3O2. The van der Waals surface area contributed by atoms with Crippen molar-refractivity contribution in [3.05, 3.63) is 29.3 Å². The molecule has 0 radical (unpaired) electrons. The normalized spacial score (nSPS) is 11.8. The summed E-state index contributed by atoms with van der Waals surface area (Å²) < 4.78 is 0. The number of carbonyl (C=O) groups excluding carboxylic acids is 2. The summed E-state index contributed by atoms with van der Waals surface area (Å²) in [4.78, 5) is 25.9. The van der Waals surface area contributed by atoms with Gasteiger partial charge in [0.05, 0.1) is 0 Å². The highest BCUT2D eigenvalue weighted by molar-refractivity contribution is 5.97. The molecule has 3 N–H and O–H groups in total. The molecule has 0 fully saturated rings. The van der Waals surface area contributed by atoms with Gasteiger partial charge in [0.15, 0.2) is 0 Å². The molecule has 5 nitrogen and oxygen atoms in total. The van der Waals surface area contributed by atoms with Crippen LogP contribution < -0.4 is 11.1 Å². The summed E-state index contributed by atoms with van der Waals surface area (Å²) >= 11 is 0. The van der Waals surface area contributed by atoms with Crippen LogP contribution in [0.1, 0.15) is 36.7 Å². The van der Waals surface area contributed by atoms with Gasteiger partial charge in [0.1, 0.15) is 6.04 Å². The third-order valence-electron chi connectivity index (χ3n) is 3.33. The number of carbonyl (C=O) groups is 2. The number of hydrogen-bond donors (Lipinski definition) is 2. The van der Waals surface area contributed by atoms with Crippen molar-refractivity contribution >= 4 is 17.5 Å². The van der Waals surface area contributed by atoms with Crippen molar-refractivity contribution in [3.8, 4) is 0 Å². The average Bonchev–Trinajstić information content (AvgIpc) is 2.42. The molecule has 0 aliphatic carbocycles. The van der Waals surface area contributed by atoms with Crippen LogP contribution in [0.5, 0.6) is 0 Å². The highest BCUT2D eigenvalue weighted by Gasteiger charge is 2.20. The molecule has 110 valence electrons. The molecule has 0 aliphatic heterocycles. The van der Waals surface area contributed by atoms with Gasteiger partial charge in [-0.25, -0.2) is 0 Å². The monoisotopic (exact) mass is 277 g/mol. The summed E-state index contributed by atoms with van der Waals surface area (Å²) in [6.45, 7) is 8.64. The van der Waals surface area contributed by atoms with Crippen LogP contribution in [0.3, 0.4) is 0 Å². The van der Waals surface area contributed by atoms with Gasteiger partial charge >= 0.3 is 0 Å². The number of nitrogen functional groups attached to an aromatic ring is 1. The van der Waals surface area contributed by atoms with Crippen molar-refractivity contribution < 1.29 is 9.59 Å². The largest absolute Gasteiger partial charge is 0.399 e. The zero-order valence-electron chi connectivity index (χ0n) is 12.6. The lowest BCUT2D eigenvalue weighted by Crippen LogP contribution is -2.46. The number of aryl methyl sites for hydroxylation is 1. The Balaban J connectivity index is 2.74. The number of amides is 2. The maximum absolute atomic E-state index is 12.1. The van der Waals surface area contributed by atoms with Crippen LogP contribution in [-0.4, -0.2) is 35.8 Å². The second kappa shape index (κ2) is 6.93. The molecule has 20 heavy (non-hydrogen) atoms. The summed E-state index contributed by atoms with van der Waals surface area (Å²) in [5, 5.41) is 2.72. The molecule has 0 aliphatic rings.